The minimum absolute atomic E-state index is 0.282. The van der Waals surface area contributed by atoms with Crippen molar-refractivity contribution in [1.29, 1.82) is 0 Å². The molecule has 1 saturated heterocycles. The Labute approximate surface area is 129 Å². The quantitative estimate of drug-likeness (QED) is 0.844. The van der Waals surface area contributed by atoms with E-state index in [4.69, 9.17) is 5.73 Å². The summed E-state index contributed by atoms with van der Waals surface area (Å²) in [6.07, 6.45) is 5.32. The average molecular weight is 339 g/mol. The number of hydrogen-bond acceptors (Lipinski definition) is 2. The van der Waals surface area contributed by atoms with E-state index in [2.05, 4.69) is 22.9 Å². The van der Waals surface area contributed by atoms with Gasteiger partial charge in [-0.2, -0.15) is 0 Å². The van der Waals surface area contributed by atoms with Crippen LogP contribution in [0.1, 0.15) is 44.6 Å². The Balaban J connectivity index is 2.00. The Hall–Kier alpha value is -1.03. The molecule has 1 aromatic carbocycles. The van der Waals surface area contributed by atoms with Crippen molar-refractivity contribution in [3.05, 3.63) is 28.2 Å². The van der Waals surface area contributed by atoms with Crippen LogP contribution in [0.5, 0.6) is 0 Å². The van der Waals surface area contributed by atoms with Gasteiger partial charge in [0.1, 0.15) is 0 Å². The van der Waals surface area contributed by atoms with Crippen LogP contribution in [-0.4, -0.2) is 17.4 Å². The third-order valence-corrected chi connectivity index (χ3v) is 4.78. The molecule has 20 heavy (non-hydrogen) atoms. The zero-order chi connectivity index (χ0) is 14.5. The average Bonchev–Trinajstić information content (AvgIpc) is 2.59. The summed E-state index contributed by atoms with van der Waals surface area (Å²) in [4.78, 5) is 14.2. The summed E-state index contributed by atoms with van der Waals surface area (Å²) in [7, 11) is 0. The van der Waals surface area contributed by atoms with Crippen molar-refractivity contribution in [3.8, 4) is 0 Å². The van der Waals surface area contributed by atoms with Crippen molar-refractivity contribution in [1.82, 2.24) is 4.90 Å². The van der Waals surface area contributed by atoms with Crippen LogP contribution >= 0.6 is 15.9 Å². The van der Waals surface area contributed by atoms with E-state index in [1.807, 2.05) is 23.1 Å². The largest absolute Gasteiger partial charge is 0.398 e. The number of nitrogen functional groups attached to an aromatic ring is 1. The maximum Gasteiger partial charge on any atom is 0.222 e. The van der Waals surface area contributed by atoms with E-state index in [0.717, 1.165) is 35.1 Å². The number of halogens is 1. The van der Waals surface area contributed by atoms with E-state index in [1.54, 1.807) is 0 Å². The standard InChI is InChI=1S/C16H23BrN2O/c1-2-3-12-5-7-16(20)19(9-8-12)11-13-4-6-14(17)15(18)10-13/h4,6,10,12H,2-3,5,7-9,11,18H2,1H3. The number of amides is 1. The van der Waals surface area contributed by atoms with Crippen molar-refractivity contribution in [2.75, 3.05) is 12.3 Å². The van der Waals surface area contributed by atoms with E-state index in [1.165, 1.54) is 12.8 Å². The molecule has 1 unspecified atom stereocenters. The van der Waals surface area contributed by atoms with Gasteiger partial charge in [0.15, 0.2) is 0 Å². The summed E-state index contributed by atoms with van der Waals surface area (Å²) in [5.74, 6) is 0.994. The van der Waals surface area contributed by atoms with E-state index in [0.29, 0.717) is 18.9 Å². The second kappa shape index (κ2) is 7.11. The number of carbonyl (C=O) groups is 1. The lowest BCUT2D eigenvalue weighted by atomic mass is 9.96. The van der Waals surface area contributed by atoms with Crippen LogP contribution in [-0.2, 0) is 11.3 Å². The number of hydrogen-bond donors (Lipinski definition) is 1. The molecule has 4 heteroatoms. The van der Waals surface area contributed by atoms with Gasteiger partial charge in [-0.3, -0.25) is 4.79 Å². The number of nitrogens with two attached hydrogens (primary N) is 1. The smallest absolute Gasteiger partial charge is 0.222 e. The van der Waals surface area contributed by atoms with Crippen molar-refractivity contribution in [2.45, 2.75) is 45.6 Å². The van der Waals surface area contributed by atoms with Gasteiger partial charge in [0, 0.05) is 29.7 Å². The Morgan fingerprint density at radius 2 is 2.20 bits per heavy atom. The molecular formula is C16H23BrN2O. The zero-order valence-corrected chi connectivity index (χ0v) is 13.7. The number of carbonyl (C=O) groups excluding carboxylic acids is 1. The summed E-state index contributed by atoms with van der Waals surface area (Å²) < 4.78 is 0.909. The lowest BCUT2D eigenvalue weighted by molar-refractivity contribution is -0.131. The second-order valence-corrected chi connectivity index (χ2v) is 6.51. The van der Waals surface area contributed by atoms with Gasteiger partial charge < -0.3 is 10.6 Å². The molecule has 1 aliphatic heterocycles. The highest BCUT2D eigenvalue weighted by atomic mass is 79.9. The van der Waals surface area contributed by atoms with Gasteiger partial charge in [-0.25, -0.2) is 0 Å². The molecule has 1 heterocycles. The van der Waals surface area contributed by atoms with E-state index in [-0.39, 0.29) is 5.91 Å². The number of nitrogens with zero attached hydrogens (tertiary/aromatic N) is 1. The molecule has 2 N–H and O–H groups in total. The molecule has 110 valence electrons. The highest BCUT2D eigenvalue weighted by Crippen LogP contribution is 2.25. The minimum atomic E-state index is 0.282. The van der Waals surface area contributed by atoms with E-state index < -0.39 is 0 Å². The van der Waals surface area contributed by atoms with Crippen molar-refractivity contribution in [3.63, 3.8) is 0 Å². The molecule has 1 aliphatic rings. The third-order valence-electron chi connectivity index (χ3n) is 4.06. The predicted octanol–water partition coefficient (Wildman–Crippen LogP) is 3.96. The molecule has 0 spiro atoms. The van der Waals surface area contributed by atoms with Gasteiger partial charge in [0.05, 0.1) is 0 Å². The molecule has 3 nitrogen and oxygen atoms in total. The molecule has 1 amide bonds. The summed E-state index contributed by atoms with van der Waals surface area (Å²) in [5.41, 5.74) is 7.74. The molecule has 0 saturated carbocycles. The first-order valence-electron chi connectivity index (χ1n) is 7.41. The van der Waals surface area contributed by atoms with Crippen LogP contribution < -0.4 is 5.73 Å². The summed E-state index contributed by atoms with van der Waals surface area (Å²) >= 11 is 3.40. The Bertz CT molecular complexity index is 476. The van der Waals surface area contributed by atoms with E-state index in [9.17, 15) is 4.79 Å². The van der Waals surface area contributed by atoms with Gasteiger partial charge in [0.2, 0.25) is 5.91 Å². The first kappa shape index (κ1) is 15.4. The molecule has 0 radical (unpaired) electrons. The highest BCUT2D eigenvalue weighted by molar-refractivity contribution is 9.10. The fourth-order valence-electron chi connectivity index (χ4n) is 2.87. The Morgan fingerprint density at radius 3 is 2.90 bits per heavy atom. The van der Waals surface area contributed by atoms with Crippen LogP contribution in [0, 0.1) is 5.92 Å². The fraction of sp³-hybridized carbons (Fsp3) is 0.562. The predicted molar refractivity (Wildman–Crippen MR) is 86.2 cm³/mol. The van der Waals surface area contributed by atoms with E-state index >= 15 is 0 Å². The highest BCUT2D eigenvalue weighted by Gasteiger charge is 2.22. The third kappa shape index (κ3) is 3.98. The minimum Gasteiger partial charge on any atom is -0.398 e. The summed E-state index contributed by atoms with van der Waals surface area (Å²) in [6, 6.07) is 5.93. The van der Waals surface area contributed by atoms with Crippen LogP contribution in [0.15, 0.2) is 22.7 Å². The lowest BCUT2D eigenvalue weighted by Crippen LogP contribution is -2.29. The summed E-state index contributed by atoms with van der Waals surface area (Å²) in [5, 5.41) is 0. The number of benzene rings is 1. The molecule has 0 aliphatic carbocycles. The van der Waals surface area contributed by atoms with Gasteiger partial charge in [0.25, 0.3) is 0 Å². The summed E-state index contributed by atoms with van der Waals surface area (Å²) in [6.45, 7) is 3.77. The maximum atomic E-state index is 12.2. The Morgan fingerprint density at radius 1 is 1.40 bits per heavy atom. The number of rotatable bonds is 4. The fourth-order valence-corrected chi connectivity index (χ4v) is 3.12. The molecular weight excluding hydrogens is 316 g/mol. The molecule has 1 aromatic rings. The zero-order valence-electron chi connectivity index (χ0n) is 12.1. The topological polar surface area (TPSA) is 46.3 Å². The molecule has 2 rings (SSSR count). The molecule has 0 bridgehead atoms. The normalized spacial score (nSPS) is 20.0. The molecule has 0 aromatic heterocycles. The molecule has 1 atom stereocenters. The van der Waals surface area contributed by atoms with Gasteiger partial charge in [-0.1, -0.05) is 25.8 Å². The second-order valence-electron chi connectivity index (χ2n) is 5.65. The van der Waals surface area contributed by atoms with Crippen LogP contribution in [0.2, 0.25) is 0 Å². The lowest BCUT2D eigenvalue weighted by Gasteiger charge is -2.21. The van der Waals surface area contributed by atoms with Gasteiger partial charge >= 0.3 is 0 Å². The SMILES string of the molecule is CCCC1CCC(=O)N(Cc2ccc(Br)c(N)c2)CC1. The maximum absolute atomic E-state index is 12.2. The first-order chi connectivity index (χ1) is 9.60. The van der Waals surface area contributed by atoms with Crippen molar-refractivity contribution >= 4 is 27.5 Å². The monoisotopic (exact) mass is 338 g/mol. The first-order valence-corrected chi connectivity index (χ1v) is 8.21. The number of likely N-dealkylation sites (tertiary alicyclic amines) is 1. The Kier molecular flexibility index (Phi) is 5.46. The van der Waals surface area contributed by atoms with Crippen LogP contribution in [0.25, 0.3) is 0 Å². The van der Waals surface area contributed by atoms with Gasteiger partial charge in [-0.05, 0) is 52.4 Å². The van der Waals surface area contributed by atoms with Crippen molar-refractivity contribution < 1.29 is 4.79 Å². The van der Waals surface area contributed by atoms with Crippen molar-refractivity contribution in [2.24, 2.45) is 5.92 Å². The van der Waals surface area contributed by atoms with Crippen LogP contribution in [0.4, 0.5) is 5.69 Å². The molecule has 1 fully saturated rings. The van der Waals surface area contributed by atoms with Gasteiger partial charge in [-0.15, -0.1) is 0 Å². The number of anilines is 1. The van der Waals surface area contributed by atoms with Crippen LogP contribution in [0.3, 0.4) is 0 Å².